The van der Waals surface area contributed by atoms with Gasteiger partial charge in [0.15, 0.2) is 0 Å². The normalized spacial score (nSPS) is 11.6. The van der Waals surface area contributed by atoms with E-state index in [2.05, 4.69) is 12.2 Å². The molecule has 1 rings (SSSR count). The minimum atomic E-state index is -0.326. The van der Waals surface area contributed by atoms with Gasteiger partial charge in [-0.05, 0) is 24.5 Å². The van der Waals surface area contributed by atoms with Gasteiger partial charge in [-0.15, -0.1) is 12.4 Å². The van der Waals surface area contributed by atoms with Crippen LogP contribution >= 0.6 is 12.4 Å². The number of hydrogen-bond donors (Lipinski definition) is 3. The second-order valence-corrected chi connectivity index (χ2v) is 5.83. The molecule has 0 aliphatic heterocycles. The second kappa shape index (κ2) is 13.3. The van der Waals surface area contributed by atoms with Gasteiger partial charge in [0.25, 0.3) is 5.91 Å². The number of rotatable bonds is 11. The number of nitrogens with one attached hydrogen (secondary N) is 1. The minimum absolute atomic E-state index is 0. The fraction of sp³-hybridized carbons (Fsp3) is 0.611. The molecule has 4 N–H and O–H groups in total. The summed E-state index contributed by atoms with van der Waals surface area (Å²) in [5, 5.41) is 12.0. The predicted octanol–water partition coefficient (Wildman–Crippen LogP) is 3.06. The maximum Gasteiger partial charge on any atom is 0.251 e. The molecule has 0 saturated heterocycles. The van der Waals surface area contributed by atoms with E-state index in [4.69, 9.17) is 10.8 Å². The van der Waals surface area contributed by atoms with Crippen molar-refractivity contribution in [2.45, 2.75) is 57.9 Å². The summed E-state index contributed by atoms with van der Waals surface area (Å²) in [4.78, 5) is 12.3. The van der Waals surface area contributed by atoms with Crippen LogP contribution in [0.4, 0.5) is 0 Å². The van der Waals surface area contributed by atoms with E-state index in [1.165, 1.54) is 25.7 Å². The Morgan fingerprint density at radius 1 is 1.17 bits per heavy atom. The molecule has 1 atom stereocenters. The minimum Gasteiger partial charge on any atom is -0.395 e. The van der Waals surface area contributed by atoms with Crippen molar-refractivity contribution in [1.29, 1.82) is 0 Å². The molecule has 0 aliphatic carbocycles. The molecule has 0 aliphatic rings. The molecule has 23 heavy (non-hydrogen) atoms. The number of nitrogens with two attached hydrogens (primary N) is 1. The molecule has 0 saturated carbocycles. The van der Waals surface area contributed by atoms with Gasteiger partial charge in [0.2, 0.25) is 0 Å². The van der Waals surface area contributed by atoms with E-state index in [0.717, 1.165) is 18.4 Å². The van der Waals surface area contributed by atoms with Gasteiger partial charge in [0.1, 0.15) is 0 Å². The van der Waals surface area contributed by atoms with Crippen LogP contribution in [0.25, 0.3) is 0 Å². The molecular weight excluding hydrogens is 312 g/mol. The van der Waals surface area contributed by atoms with Crippen molar-refractivity contribution < 1.29 is 9.90 Å². The first kappa shape index (κ1) is 21.9. The van der Waals surface area contributed by atoms with Crippen molar-refractivity contribution in [2.75, 3.05) is 13.2 Å². The lowest BCUT2D eigenvalue weighted by Crippen LogP contribution is -2.30. The van der Waals surface area contributed by atoms with Gasteiger partial charge in [-0.3, -0.25) is 4.79 Å². The van der Waals surface area contributed by atoms with Gasteiger partial charge < -0.3 is 16.2 Å². The van der Waals surface area contributed by atoms with Crippen LogP contribution in [0.1, 0.15) is 61.4 Å². The highest BCUT2D eigenvalue weighted by molar-refractivity contribution is 5.95. The summed E-state index contributed by atoms with van der Waals surface area (Å²) in [6, 6.07) is 7.13. The topological polar surface area (TPSA) is 75.4 Å². The van der Waals surface area contributed by atoms with E-state index in [0.29, 0.717) is 18.5 Å². The molecule has 1 aromatic rings. The zero-order valence-electron chi connectivity index (χ0n) is 14.1. The Morgan fingerprint density at radius 3 is 2.52 bits per heavy atom. The third kappa shape index (κ3) is 8.94. The predicted molar refractivity (Wildman–Crippen MR) is 98.2 cm³/mol. The van der Waals surface area contributed by atoms with Gasteiger partial charge in [0, 0.05) is 18.2 Å². The van der Waals surface area contributed by atoms with Crippen LogP contribution in [-0.2, 0) is 6.42 Å². The Labute approximate surface area is 146 Å². The number of amides is 1. The first-order valence-corrected chi connectivity index (χ1v) is 8.41. The van der Waals surface area contributed by atoms with Crippen molar-refractivity contribution in [3.63, 3.8) is 0 Å². The molecule has 0 radical (unpaired) electrons. The van der Waals surface area contributed by atoms with Crippen molar-refractivity contribution in [2.24, 2.45) is 5.73 Å². The van der Waals surface area contributed by atoms with E-state index in [9.17, 15) is 4.79 Å². The Morgan fingerprint density at radius 2 is 1.83 bits per heavy atom. The van der Waals surface area contributed by atoms with Crippen molar-refractivity contribution >= 4 is 18.3 Å². The number of unbranched alkanes of at least 4 members (excludes halogenated alkanes) is 5. The molecule has 0 spiro atoms. The van der Waals surface area contributed by atoms with Crippen molar-refractivity contribution in [1.82, 2.24) is 5.32 Å². The van der Waals surface area contributed by atoms with Crippen LogP contribution in [-0.4, -0.2) is 30.2 Å². The number of aliphatic hydroxyl groups excluding tert-OH is 1. The first-order chi connectivity index (χ1) is 10.7. The Balaban J connectivity index is 0.00000484. The monoisotopic (exact) mass is 342 g/mol. The average Bonchev–Trinajstić information content (AvgIpc) is 2.54. The highest BCUT2D eigenvalue weighted by Gasteiger charge is 2.12. The Hall–Kier alpha value is -1.10. The molecule has 4 nitrogen and oxygen atoms in total. The van der Waals surface area contributed by atoms with E-state index in [-0.39, 0.29) is 31.0 Å². The maximum atomic E-state index is 12.3. The maximum absolute atomic E-state index is 12.3. The molecule has 0 heterocycles. The summed E-state index contributed by atoms with van der Waals surface area (Å²) < 4.78 is 0. The summed E-state index contributed by atoms with van der Waals surface area (Å²) in [6.07, 6.45) is 7.77. The van der Waals surface area contributed by atoms with E-state index in [1.807, 2.05) is 24.3 Å². The molecule has 0 fully saturated rings. The number of aliphatic hydroxyl groups is 1. The lowest BCUT2D eigenvalue weighted by molar-refractivity contribution is 0.0951. The number of carbonyl (C=O) groups is 1. The van der Waals surface area contributed by atoms with Gasteiger partial charge in [-0.1, -0.05) is 57.2 Å². The summed E-state index contributed by atoms with van der Waals surface area (Å²) in [6.45, 7) is 2.85. The van der Waals surface area contributed by atoms with Crippen LogP contribution in [0.15, 0.2) is 24.3 Å². The summed E-state index contributed by atoms with van der Waals surface area (Å²) in [5.41, 5.74) is 7.33. The summed E-state index contributed by atoms with van der Waals surface area (Å²) >= 11 is 0. The van der Waals surface area contributed by atoms with E-state index < -0.39 is 0 Å². The third-order valence-corrected chi connectivity index (χ3v) is 3.79. The second-order valence-electron chi connectivity index (χ2n) is 5.83. The number of hydrogen-bond acceptors (Lipinski definition) is 3. The number of benzene rings is 1. The van der Waals surface area contributed by atoms with Gasteiger partial charge in [-0.2, -0.15) is 0 Å². The van der Waals surface area contributed by atoms with Crippen molar-refractivity contribution in [3.8, 4) is 0 Å². The Bertz CT molecular complexity index is 441. The van der Waals surface area contributed by atoms with Crippen molar-refractivity contribution in [3.05, 3.63) is 35.4 Å². The van der Waals surface area contributed by atoms with Gasteiger partial charge in [0.05, 0.1) is 6.61 Å². The van der Waals surface area contributed by atoms with Crippen LogP contribution in [0.5, 0.6) is 0 Å². The zero-order chi connectivity index (χ0) is 16.2. The standard InChI is InChI=1S/C18H30N2O2.ClH/c1-2-3-4-5-6-9-12-20-18(22)17-11-8-7-10-15(17)13-16(19)14-21;/h7-8,10-11,16,21H,2-6,9,12-14,19H2,1H3,(H,20,22);1H/t16-;/m1./s1. The highest BCUT2D eigenvalue weighted by atomic mass is 35.5. The quantitative estimate of drug-likeness (QED) is 0.541. The molecule has 1 amide bonds. The van der Waals surface area contributed by atoms with Crippen LogP contribution < -0.4 is 11.1 Å². The molecule has 0 unspecified atom stereocenters. The first-order valence-electron chi connectivity index (χ1n) is 8.41. The highest BCUT2D eigenvalue weighted by Crippen LogP contribution is 2.11. The SMILES string of the molecule is CCCCCCCCNC(=O)c1ccccc1C[C@@H](N)CO.Cl. The smallest absolute Gasteiger partial charge is 0.251 e. The van der Waals surface area contributed by atoms with Gasteiger partial charge in [-0.25, -0.2) is 0 Å². The van der Waals surface area contributed by atoms with Crippen LogP contribution in [0.3, 0.4) is 0 Å². The Kier molecular flexibility index (Phi) is 12.7. The van der Waals surface area contributed by atoms with Gasteiger partial charge >= 0.3 is 0 Å². The number of halogens is 1. The molecular formula is C18H31ClN2O2. The van der Waals surface area contributed by atoms with Crippen LogP contribution in [0, 0.1) is 0 Å². The summed E-state index contributed by atoms with van der Waals surface area (Å²) in [5.74, 6) is -0.0469. The summed E-state index contributed by atoms with van der Waals surface area (Å²) in [7, 11) is 0. The molecule has 132 valence electrons. The lowest BCUT2D eigenvalue weighted by Gasteiger charge is -2.13. The molecule has 0 aromatic heterocycles. The largest absolute Gasteiger partial charge is 0.395 e. The van der Waals surface area contributed by atoms with Crippen LogP contribution in [0.2, 0.25) is 0 Å². The lowest BCUT2D eigenvalue weighted by atomic mass is 10.0. The fourth-order valence-corrected chi connectivity index (χ4v) is 2.47. The third-order valence-electron chi connectivity index (χ3n) is 3.79. The van der Waals surface area contributed by atoms with E-state index >= 15 is 0 Å². The molecule has 5 heteroatoms. The average molecular weight is 343 g/mol. The van der Waals surface area contributed by atoms with E-state index in [1.54, 1.807) is 0 Å². The zero-order valence-corrected chi connectivity index (χ0v) is 14.9. The molecule has 0 bridgehead atoms. The fourth-order valence-electron chi connectivity index (χ4n) is 2.47. The molecule has 1 aromatic carbocycles. The number of carbonyl (C=O) groups excluding carboxylic acids is 1.